The maximum atomic E-state index is 13.8. The zero-order chi connectivity index (χ0) is 29.3. The highest BCUT2D eigenvalue weighted by atomic mass is 35.5. The predicted octanol–water partition coefficient (Wildman–Crippen LogP) is 5.30. The Morgan fingerprint density at radius 2 is 1.45 bits per heavy atom. The molecule has 0 spiro atoms. The number of amides is 2. The highest BCUT2D eigenvalue weighted by molar-refractivity contribution is 7.89. The van der Waals surface area contributed by atoms with Gasteiger partial charge >= 0.3 is 0 Å². The van der Waals surface area contributed by atoms with E-state index < -0.39 is 21.6 Å². The van der Waals surface area contributed by atoms with Crippen LogP contribution in [0.1, 0.15) is 44.7 Å². The molecule has 0 radical (unpaired) electrons. The zero-order valence-electron chi connectivity index (χ0n) is 23.5. The molecule has 0 unspecified atom stereocenters. The van der Waals surface area contributed by atoms with E-state index in [1.165, 1.54) is 11.4 Å². The summed E-state index contributed by atoms with van der Waals surface area (Å²) in [5.41, 5.74) is 1.28. The molecule has 3 aromatic rings. The quantitative estimate of drug-likeness (QED) is 0.314. The van der Waals surface area contributed by atoms with E-state index in [9.17, 15) is 18.0 Å². The first kappa shape index (κ1) is 31.3. The summed E-state index contributed by atoms with van der Waals surface area (Å²) in [6.45, 7) is 6.08. The molecule has 0 saturated heterocycles. The maximum absolute atomic E-state index is 13.8. The highest BCUT2D eigenvalue weighted by Gasteiger charge is 2.32. The van der Waals surface area contributed by atoms with Gasteiger partial charge in [-0.2, -0.15) is 0 Å². The van der Waals surface area contributed by atoms with E-state index in [4.69, 9.17) is 11.6 Å². The second-order valence-electron chi connectivity index (χ2n) is 10.8. The number of sulfonamides is 1. The fourth-order valence-corrected chi connectivity index (χ4v) is 5.64. The SMILES string of the molecule is CN(CCCC(=O)N(Cc1ccc(Cl)cc1)[C@H](Cc1ccccc1)C(=O)NC(C)(C)C)S(=O)(=O)c1ccccc1. The first-order chi connectivity index (χ1) is 18.9. The minimum atomic E-state index is -3.67. The lowest BCUT2D eigenvalue weighted by molar-refractivity contribution is -0.142. The van der Waals surface area contributed by atoms with Gasteiger partial charge in [-0.05, 0) is 62.6 Å². The summed E-state index contributed by atoms with van der Waals surface area (Å²) in [7, 11) is -2.16. The summed E-state index contributed by atoms with van der Waals surface area (Å²) < 4.78 is 27.1. The summed E-state index contributed by atoms with van der Waals surface area (Å²) in [4.78, 5) is 29.2. The standard InChI is InChI=1S/C31H38ClN3O4S/c1-31(2,3)33-30(37)28(22-24-12-7-5-8-13-24)35(23-25-17-19-26(32)20-18-25)29(36)16-11-21-34(4)40(38,39)27-14-9-6-10-15-27/h5-10,12-15,17-20,28H,11,16,21-23H2,1-4H3,(H,33,37)/t28-/m1/s1. The molecule has 0 aromatic heterocycles. The minimum absolute atomic E-state index is 0.0797. The van der Waals surface area contributed by atoms with Crippen molar-refractivity contribution in [3.8, 4) is 0 Å². The van der Waals surface area contributed by atoms with Crippen molar-refractivity contribution in [1.82, 2.24) is 14.5 Å². The molecular weight excluding hydrogens is 546 g/mol. The molecule has 40 heavy (non-hydrogen) atoms. The molecule has 0 heterocycles. The molecule has 1 N–H and O–H groups in total. The van der Waals surface area contributed by atoms with Gasteiger partial charge in [0, 0.05) is 43.5 Å². The van der Waals surface area contributed by atoms with Crippen LogP contribution in [0.25, 0.3) is 0 Å². The van der Waals surface area contributed by atoms with Crippen LogP contribution in [0.4, 0.5) is 0 Å². The van der Waals surface area contributed by atoms with Crippen molar-refractivity contribution >= 4 is 33.4 Å². The molecule has 7 nitrogen and oxygen atoms in total. The first-order valence-electron chi connectivity index (χ1n) is 13.3. The third-order valence-corrected chi connectivity index (χ3v) is 8.47. The average Bonchev–Trinajstić information content (AvgIpc) is 2.91. The van der Waals surface area contributed by atoms with Crippen molar-refractivity contribution < 1.29 is 18.0 Å². The van der Waals surface area contributed by atoms with Gasteiger partial charge in [0.05, 0.1) is 4.90 Å². The molecule has 2 amide bonds. The van der Waals surface area contributed by atoms with Crippen LogP contribution in [-0.4, -0.2) is 54.6 Å². The molecule has 3 aromatic carbocycles. The van der Waals surface area contributed by atoms with Gasteiger partial charge < -0.3 is 10.2 Å². The van der Waals surface area contributed by atoms with Crippen LogP contribution in [0.2, 0.25) is 5.02 Å². The molecule has 0 aliphatic heterocycles. The largest absolute Gasteiger partial charge is 0.350 e. The Morgan fingerprint density at radius 1 is 0.875 bits per heavy atom. The molecular formula is C31H38ClN3O4S. The second-order valence-corrected chi connectivity index (χ2v) is 13.3. The van der Waals surface area contributed by atoms with Crippen molar-refractivity contribution in [2.45, 2.75) is 63.1 Å². The van der Waals surface area contributed by atoms with Gasteiger partial charge in [0.2, 0.25) is 21.8 Å². The van der Waals surface area contributed by atoms with E-state index in [2.05, 4.69) is 5.32 Å². The number of nitrogens with one attached hydrogen (secondary N) is 1. The monoisotopic (exact) mass is 583 g/mol. The van der Waals surface area contributed by atoms with E-state index in [0.717, 1.165) is 11.1 Å². The molecule has 0 saturated carbocycles. The Bertz CT molecular complexity index is 1360. The van der Waals surface area contributed by atoms with Crippen molar-refractivity contribution in [1.29, 1.82) is 0 Å². The summed E-state index contributed by atoms with van der Waals surface area (Å²) in [6.07, 6.45) is 0.720. The Labute approximate surface area is 243 Å². The van der Waals surface area contributed by atoms with E-state index in [1.54, 1.807) is 47.4 Å². The lowest BCUT2D eigenvalue weighted by Gasteiger charge is -2.34. The van der Waals surface area contributed by atoms with E-state index in [0.29, 0.717) is 17.9 Å². The summed E-state index contributed by atoms with van der Waals surface area (Å²) in [5.74, 6) is -0.479. The van der Waals surface area contributed by atoms with Crippen LogP contribution in [0.15, 0.2) is 89.8 Å². The number of benzene rings is 3. The van der Waals surface area contributed by atoms with Crippen molar-refractivity contribution in [2.24, 2.45) is 0 Å². The first-order valence-corrected chi connectivity index (χ1v) is 15.1. The molecule has 0 bridgehead atoms. The van der Waals surface area contributed by atoms with Crippen LogP contribution in [0.3, 0.4) is 0 Å². The minimum Gasteiger partial charge on any atom is -0.350 e. The summed E-state index contributed by atoms with van der Waals surface area (Å²) in [5, 5.41) is 3.62. The Kier molecular flexibility index (Phi) is 10.9. The van der Waals surface area contributed by atoms with Crippen molar-refractivity contribution in [2.75, 3.05) is 13.6 Å². The maximum Gasteiger partial charge on any atom is 0.243 e. The smallest absolute Gasteiger partial charge is 0.243 e. The number of carbonyl (C=O) groups is 2. The van der Waals surface area contributed by atoms with Gasteiger partial charge in [0.25, 0.3) is 0 Å². The van der Waals surface area contributed by atoms with E-state index in [-0.39, 0.29) is 36.2 Å². The third-order valence-electron chi connectivity index (χ3n) is 6.35. The van der Waals surface area contributed by atoms with E-state index >= 15 is 0 Å². The summed E-state index contributed by atoms with van der Waals surface area (Å²) >= 11 is 6.08. The van der Waals surface area contributed by atoms with Crippen molar-refractivity contribution in [3.63, 3.8) is 0 Å². The van der Waals surface area contributed by atoms with Crippen LogP contribution in [0.5, 0.6) is 0 Å². The lowest BCUT2D eigenvalue weighted by Crippen LogP contribution is -2.54. The fourth-order valence-electron chi connectivity index (χ4n) is 4.28. The molecule has 0 aliphatic carbocycles. The average molecular weight is 584 g/mol. The van der Waals surface area contributed by atoms with Gasteiger partial charge in [-0.3, -0.25) is 9.59 Å². The van der Waals surface area contributed by atoms with Gasteiger partial charge in [0.15, 0.2) is 0 Å². The summed E-state index contributed by atoms with van der Waals surface area (Å²) in [6, 6.07) is 24.2. The van der Waals surface area contributed by atoms with Crippen LogP contribution >= 0.6 is 11.6 Å². The van der Waals surface area contributed by atoms with Gasteiger partial charge in [-0.15, -0.1) is 0 Å². The Hall–Kier alpha value is -3.20. The van der Waals surface area contributed by atoms with Gasteiger partial charge in [0.1, 0.15) is 6.04 Å². The molecule has 0 aliphatic rings. The highest BCUT2D eigenvalue weighted by Crippen LogP contribution is 2.20. The Balaban J connectivity index is 1.84. The fraction of sp³-hybridized carbons (Fsp3) is 0.355. The lowest BCUT2D eigenvalue weighted by atomic mass is 10.00. The van der Waals surface area contributed by atoms with Crippen LogP contribution in [-0.2, 0) is 32.6 Å². The number of halogens is 1. The number of hydrogen-bond acceptors (Lipinski definition) is 4. The topological polar surface area (TPSA) is 86.8 Å². The number of nitrogens with zero attached hydrogens (tertiary/aromatic N) is 2. The van der Waals surface area contributed by atoms with Crippen molar-refractivity contribution in [3.05, 3.63) is 101 Å². The number of rotatable bonds is 12. The number of hydrogen-bond donors (Lipinski definition) is 1. The predicted molar refractivity (Wildman–Crippen MR) is 159 cm³/mol. The molecule has 0 fully saturated rings. The molecule has 1 atom stereocenters. The van der Waals surface area contributed by atoms with Crippen LogP contribution in [0, 0.1) is 0 Å². The normalized spacial score (nSPS) is 12.7. The van der Waals surface area contributed by atoms with Gasteiger partial charge in [-0.1, -0.05) is 72.3 Å². The number of carbonyl (C=O) groups excluding carboxylic acids is 2. The molecule has 9 heteroatoms. The van der Waals surface area contributed by atoms with Gasteiger partial charge in [-0.25, -0.2) is 12.7 Å². The van der Waals surface area contributed by atoms with E-state index in [1.807, 2.05) is 63.2 Å². The zero-order valence-corrected chi connectivity index (χ0v) is 25.1. The third kappa shape index (κ3) is 9.18. The van der Waals surface area contributed by atoms with Crippen LogP contribution < -0.4 is 5.32 Å². The molecule has 3 rings (SSSR count). The molecule has 214 valence electrons. The second kappa shape index (κ2) is 13.9. The Morgan fingerprint density at radius 3 is 2.02 bits per heavy atom.